The van der Waals surface area contributed by atoms with Crippen LogP contribution in [0.2, 0.25) is 0 Å². The predicted octanol–water partition coefficient (Wildman–Crippen LogP) is 0.402. The lowest BCUT2D eigenvalue weighted by molar-refractivity contribution is 0.0693. The summed E-state index contributed by atoms with van der Waals surface area (Å²) in [5.74, 6) is -2.10. The number of ether oxygens (including phenoxy) is 1. The molecular formula is C10H13NO8S2. The maximum Gasteiger partial charge on any atom is 0.357 e. The zero-order valence-corrected chi connectivity index (χ0v) is 12.7. The summed E-state index contributed by atoms with van der Waals surface area (Å²) in [4.78, 5) is 10.5. The van der Waals surface area contributed by atoms with Crippen LogP contribution in [0.3, 0.4) is 0 Å². The lowest BCUT2D eigenvalue weighted by Gasteiger charge is -2.13. The number of carbonyl (C=O) groups is 1. The summed E-state index contributed by atoms with van der Waals surface area (Å²) < 4.78 is 60.8. The van der Waals surface area contributed by atoms with Crippen LogP contribution in [0.25, 0.3) is 0 Å². The second kappa shape index (κ2) is 5.87. The number of benzene rings is 1. The van der Waals surface area contributed by atoms with Crippen molar-refractivity contribution in [2.24, 2.45) is 0 Å². The molecule has 0 bridgehead atoms. The molecule has 0 aliphatic rings. The summed E-state index contributed by atoms with van der Waals surface area (Å²) in [7, 11) is -7.55. The molecule has 0 fully saturated rings. The van der Waals surface area contributed by atoms with Crippen LogP contribution < -0.4 is 9.46 Å². The Labute approximate surface area is 121 Å². The fourth-order valence-corrected chi connectivity index (χ4v) is 3.09. The second-order valence-electron chi connectivity index (χ2n) is 3.83. The number of hydrogen-bond acceptors (Lipinski definition) is 6. The number of aromatic carboxylic acids is 1. The van der Waals surface area contributed by atoms with Gasteiger partial charge in [0.15, 0.2) is 9.84 Å². The Kier molecular flexibility index (Phi) is 4.81. The van der Waals surface area contributed by atoms with Gasteiger partial charge >= 0.3 is 16.3 Å². The highest BCUT2D eigenvalue weighted by molar-refractivity contribution is 7.91. The minimum Gasteiger partial charge on any atom is -0.496 e. The minimum absolute atomic E-state index is 0.260. The molecule has 0 radical (unpaired) electrons. The van der Waals surface area contributed by atoms with E-state index >= 15 is 0 Å². The maximum atomic E-state index is 11.9. The van der Waals surface area contributed by atoms with Gasteiger partial charge in [0, 0.05) is 6.07 Å². The van der Waals surface area contributed by atoms with E-state index in [-0.39, 0.29) is 5.75 Å². The summed E-state index contributed by atoms with van der Waals surface area (Å²) in [5, 5.41) is 9.02. The highest BCUT2D eigenvalue weighted by Crippen LogP contribution is 2.31. The zero-order valence-electron chi connectivity index (χ0n) is 11.0. The Morgan fingerprint density at radius 3 is 2.24 bits per heavy atom. The van der Waals surface area contributed by atoms with Crippen LogP contribution in [-0.4, -0.2) is 45.3 Å². The van der Waals surface area contributed by atoms with Crippen molar-refractivity contribution in [2.45, 2.75) is 11.8 Å². The molecule has 118 valence electrons. The Balaban J connectivity index is 3.72. The van der Waals surface area contributed by atoms with E-state index in [1.54, 1.807) is 4.72 Å². The third-order valence-corrected chi connectivity index (χ3v) is 4.73. The molecule has 0 atom stereocenters. The van der Waals surface area contributed by atoms with E-state index < -0.39 is 48.0 Å². The first-order chi connectivity index (χ1) is 9.51. The van der Waals surface area contributed by atoms with Crippen LogP contribution in [0.4, 0.5) is 5.69 Å². The average Bonchev–Trinajstić information content (AvgIpc) is 2.35. The molecule has 0 unspecified atom stereocenters. The van der Waals surface area contributed by atoms with E-state index in [1.165, 1.54) is 6.92 Å². The molecule has 11 heteroatoms. The first-order valence-corrected chi connectivity index (χ1v) is 8.54. The number of hydrogen-bond donors (Lipinski definition) is 3. The molecule has 0 saturated carbocycles. The number of carboxylic acids is 1. The Morgan fingerprint density at radius 2 is 1.86 bits per heavy atom. The Bertz CT molecular complexity index is 766. The van der Waals surface area contributed by atoms with Gasteiger partial charge in [0.05, 0.1) is 23.4 Å². The van der Waals surface area contributed by atoms with Gasteiger partial charge in [-0.3, -0.25) is 9.27 Å². The van der Waals surface area contributed by atoms with Gasteiger partial charge in [-0.2, -0.15) is 8.42 Å². The van der Waals surface area contributed by atoms with Crippen molar-refractivity contribution >= 4 is 31.8 Å². The van der Waals surface area contributed by atoms with Gasteiger partial charge in [-0.1, -0.05) is 6.92 Å². The van der Waals surface area contributed by atoms with Crippen LogP contribution in [0.1, 0.15) is 17.3 Å². The summed E-state index contributed by atoms with van der Waals surface area (Å²) in [6.07, 6.45) is 0. The van der Waals surface area contributed by atoms with E-state index in [4.69, 9.17) is 14.4 Å². The molecule has 0 amide bonds. The van der Waals surface area contributed by atoms with E-state index in [2.05, 4.69) is 0 Å². The lowest BCUT2D eigenvalue weighted by atomic mass is 10.2. The number of methoxy groups -OCH3 is 1. The zero-order chi connectivity index (χ0) is 16.4. The quantitative estimate of drug-likeness (QED) is 0.631. The van der Waals surface area contributed by atoms with Crippen molar-refractivity contribution in [2.75, 3.05) is 17.6 Å². The SMILES string of the molecule is CCS(=O)(=O)c1cc(C(=O)O)c(OC)cc1NS(=O)(=O)O. The molecule has 0 aliphatic carbocycles. The molecule has 0 saturated heterocycles. The van der Waals surface area contributed by atoms with Gasteiger partial charge in [-0.25, -0.2) is 13.2 Å². The van der Waals surface area contributed by atoms with Crippen LogP contribution in [0.15, 0.2) is 17.0 Å². The number of carboxylic acid groups (broad SMARTS) is 1. The highest BCUT2D eigenvalue weighted by Gasteiger charge is 2.24. The third kappa shape index (κ3) is 4.06. The smallest absolute Gasteiger partial charge is 0.357 e. The summed E-state index contributed by atoms with van der Waals surface area (Å²) in [5.41, 5.74) is -0.952. The molecule has 0 aromatic heterocycles. The van der Waals surface area contributed by atoms with Crippen molar-refractivity contribution in [1.82, 2.24) is 0 Å². The molecule has 9 nitrogen and oxygen atoms in total. The van der Waals surface area contributed by atoms with Crippen LogP contribution in [0.5, 0.6) is 5.75 Å². The van der Waals surface area contributed by atoms with Gasteiger partial charge in [0.25, 0.3) is 0 Å². The average molecular weight is 339 g/mol. The van der Waals surface area contributed by atoms with Gasteiger partial charge in [-0.15, -0.1) is 0 Å². The monoisotopic (exact) mass is 339 g/mol. The first kappa shape index (κ1) is 17.2. The Hall–Kier alpha value is -1.85. The van der Waals surface area contributed by atoms with Crippen molar-refractivity contribution in [3.8, 4) is 5.75 Å². The number of nitrogens with one attached hydrogen (secondary N) is 1. The van der Waals surface area contributed by atoms with Crippen molar-refractivity contribution in [1.29, 1.82) is 0 Å². The van der Waals surface area contributed by atoms with Gasteiger partial charge in [0.2, 0.25) is 0 Å². The molecule has 1 aromatic carbocycles. The van der Waals surface area contributed by atoms with E-state index in [0.29, 0.717) is 0 Å². The van der Waals surface area contributed by atoms with Crippen LogP contribution in [-0.2, 0) is 20.1 Å². The highest BCUT2D eigenvalue weighted by atomic mass is 32.2. The summed E-state index contributed by atoms with van der Waals surface area (Å²) >= 11 is 0. The number of rotatable bonds is 6. The predicted molar refractivity (Wildman–Crippen MR) is 72.9 cm³/mol. The molecule has 0 spiro atoms. The molecule has 21 heavy (non-hydrogen) atoms. The minimum atomic E-state index is -4.74. The van der Waals surface area contributed by atoms with E-state index in [9.17, 15) is 21.6 Å². The van der Waals surface area contributed by atoms with Gasteiger partial charge < -0.3 is 9.84 Å². The number of anilines is 1. The molecule has 0 aliphatic heterocycles. The molecular weight excluding hydrogens is 326 g/mol. The van der Waals surface area contributed by atoms with E-state index in [1.807, 2.05) is 0 Å². The van der Waals surface area contributed by atoms with Crippen molar-refractivity contribution in [3.63, 3.8) is 0 Å². The summed E-state index contributed by atoms with van der Waals surface area (Å²) in [6, 6.07) is 1.65. The fourth-order valence-electron chi connectivity index (χ4n) is 1.53. The summed E-state index contributed by atoms with van der Waals surface area (Å²) in [6.45, 7) is 1.30. The van der Waals surface area contributed by atoms with Gasteiger partial charge in [-0.05, 0) is 6.07 Å². The second-order valence-corrected chi connectivity index (χ2v) is 7.24. The van der Waals surface area contributed by atoms with E-state index in [0.717, 1.165) is 19.2 Å². The molecule has 0 heterocycles. The molecule has 1 rings (SSSR count). The van der Waals surface area contributed by atoms with Crippen molar-refractivity contribution in [3.05, 3.63) is 17.7 Å². The van der Waals surface area contributed by atoms with Crippen molar-refractivity contribution < 1.29 is 36.0 Å². The topological polar surface area (TPSA) is 147 Å². The lowest BCUT2D eigenvalue weighted by Crippen LogP contribution is -2.16. The van der Waals surface area contributed by atoms with Crippen LogP contribution >= 0.6 is 0 Å². The Morgan fingerprint density at radius 1 is 1.29 bits per heavy atom. The normalized spacial score (nSPS) is 12.0. The number of sulfone groups is 1. The fraction of sp³-hybridized carbons (Fsp3) is 0.300. The van der Waals surface area contributed by atoms with Crippen LogP contribution in [0, 0.1) is 0 Å². The maximum absolute atomic E-state index is 11.9. The first-order valence-electron chi connectivity index (χ1n) is 5.45. The molecule has 1 aromatic rings. The standard InChI is InChI=1S/C10H13NO8S2/c1-3-20(14,15)9-4-6(10(12)13)8(19-2)5-7(9)11-21(16,17)18/h4-5,11H,3H2,1-2H3,(H,12,13)(H,16,17,18). The van der Waals surface area contributed by atoms with Gasteiger partial charge in [0.1, 0.15) is 11.3 Å². The third-order valence-electron chi connectivity index (χ3n) is 2.49. The molecule has 3 N–H and O–H groups in total. The largest absolute Gasteiger partial charge is 0.496 e.